The minimum Gasteiger partial charge on any atom is -0.361 e. The smallest absolute Gasteiger partial charge is 0.274 e. The molecule has 0 radical (unpaired) electrons. The molecule has 21 heavy (non-hydrogen) atoms. The molecule has 7 heteroatoms. The van der Waals surface area contributed by atoms with Crippen LogP contribution in [0.1, 0.15) is 46.4 Å². The molecule has 110 valence electrons. The Hall–Kier alpha value is -2.44. The van der Waals surface area contributed by atoms with Crippen molar-refractivity contribution in [1.29, 1.82) is 0 Å². The van der Waals surface area contributed by atoms with Gasteiger partial charge in [-0.15, -0.1) is 0 Å². The number of carbonyl (C=O) groups excluding carboxylic acids is 1. The summed E-state index contributed by atoms with van der Waals surface area (Å²) in [5.74, 6) is 0.556. The lowest BCUT2D eigenvalue weighted by atomic mass is 10.0. The number of nitrogens with one attached hydrogen (secondary N) is 1. The van der Waals surface area contributed by atoms with Crippen LogP contribution in [0.5, 0.6) is 0 Å². The number of H-pyrrole nitrogens is 1. The second-order valence-corrected chi connectivity index (χ2v) is 5.19. The summed E-state index contributed by atoms with van der Waals surface area (Å²) in [5, 5.41) is 3.96. The Balaban J connectivity index is 1.92. The number of hydrogen-bond donors (Lipinski definition) is 1. The van der Waals surface area contributed by atoms with E-state index < -0.39 is 0 Å². The van der Waals surface area contributed by atoms with Crippen LogP contribution in [0.4, 0.5) is 0 Å². The Morgan fingerprint density at radius 3 is 2.90 bits per heavy atom. The zero-order chi connectivity index (χ0) is 15.0. The summed E-state index contributed by atoms with van der Waals surface area (Å²) < 4.78 is 5.21. The largest absolute Gasteiger partial charge is 0.361 e. The van der Waals surface area contributed by atoms with Gasteiger partial charge in [0.25, 0.3) is 11.5 Å². The van der Waals surface area contributed by atoms with Gasteiger partial charge in [-0.1, -0.05) is 5.16 Å². The fourth-order valence-electron chi connectivity index (χ4n) is 2.88. The summed E-state index contributed by atoms with van der Waals surface area (Å²) >= 11 is 0. The highest BCUT2D eigenvalue weighted by Gasteiger charge is 2.34. The minimum absolute atomic E-state index is 0.0440. The van der Waals surface area contributed by atoms with Crippen molar-refractivity contribution in [3.63, 3.8) is 0 Å². The lowest BCUT2D eigenvalue weighted by molar-refractivity contribution is 0.0728. The van der Waals surface area contributed by atoms with Gasteiger partial charge >= 0.3 is 0 Å². The topological polar surface area (TPSA) is 92.1 Å². The zero-order valence-electron chi connectivity index (χ0n) is 11.9. The molecule has 7 nitrogen and oxygen atoms in total. The molecular formula is C14H16N4O3. The van der Waals surface area contributed by atoms with E-state index in [2.05, 4.69) is 15.1 Å². The minimum atomic E-state index is -0.324. The Morgan fingerprint density at radius 2 is 2.29 bits per heavy atom. The fraction of sp³-hybridized carbons (Fsp3) is 0.429. The van der Waals surface area contributed by atoms with Gasteiger partial charge in [0.15, 0.2) is 0 Å². The molecule has 3 rings (SSSR count). The summed E-state index contributed by atoms with van der Waals surface area (Å²) in [6.07, 6.45) is 4.27. The van der Waals surface area contributed by atoms with Gasteiger partial charge in [-0.05, 0) is 26.7 Å². The lowest BCUT2D eigenvalue weighted by Gasteiger charge is -2.24. The monoisotopic (exact) mass is 288 g/mol. The number of hydrogen-bond acceptors (Lipinski definition) is 5. The predicted molar refractivity (Wildman–Crippen MR) is 73.8 cm³/mol. The van der Waals surface area contributed by atoms with E-state index in [0.717, 1.165) is 36.1 Å². The van der Waals surface area contributed by atoms with Crippen LogP contribution < -0.4 is 5.56 Å². The molecule has 0 unspecified atom stereocenters. The first-order chi connectivity index (χ1) is 10.1. The molecule has 3 heterocycles. The number of aromatic nitrogens is 3. The Bertz CT molecular complexity index is 694. The van der Waals surface area contributed by atoms with Crippen molar-refractivity contribution >= 4 is 5.91 Å². The predicted octanol–water partition coefficient (Wildman–Crippen LogP) is 1.35. The third-order valence-corrected chi connectivity index (χ3v) is 3.83. The van der Waals surface area contributed by atoms with Crippen molar-refractivity contribution < 1.29 is 9.32 Å². The average Bonchev–Trinajstić information content (AvgIpc) is 3.06. The zero-order valence-corrected chi connectivity index (χ0v) is 11.9. The van der Waals surface area contributed by atoms with Gasteiger partial charge in [0.05, 0.1) is 17.9 Å². The maximum atomic E-state index is 12.6. The van der Waals surface area contributed by atoms with Crippen LogP contribution in [0.2, 0.25) is 0 Å². The maximum Gasteiger partial charge on any atom is 0.274 e. The van der Waals surface area contributed by atoms with Crippen molar-refractivity contribution in [1.82, 2.24) is 20.0 Å². The molecule has 0 bridgehead atoms. The van der Waals surface area contributed by atoms with Crippen LogP contribution in [0, 0.1) is 13.8 Å². The lowest BCUT2D eigenvalue weighted by Crippen LogP contribution is -2.32. The quantitative estimate of drug-likeness (QED) is 0.900. The van der Waals surface area contributed by atoms with Crippen LogP contribution in [0.3, 0.4) is 0 Å². The van der Waals surface area contributed by atoms with E-state index in [0.29, 0.717) is 6.54 Å². The van der Waals surface area contributed by atoms with Crippen molar-refractivity contribution in [2.45, 2.75) is 32.7 Å². The highest BCUT2D eigenvalue weighted by Crippen LogP contribution is 2.36. The van der Waals surface area contributed by atoms with Crippen molar-refractivity contribution in [2.24, 2.45) is 0 Å². The van der Waals surface area contributed by atoms with Gasteiger partial charge in [0.1, 0.15) is 11.5 Å². The molecule has 2 aromatic heterocycles. The van der Waals surface area contributed by atoms with Crippen LogP contribution >= 0.6 is 0 Å². The molecule has 2 aromatic rings. The number of carbonyl (C=O) groups is 1. The first kappa shape index (κ1) is 13.5. The van der Waals surface area contributed by atoms with Gasteiger partial charge in [0.2, 0.25) is 0 Å². The molecule has 1 saturated heterocycles. The maximum absolute atomic E-state index is 12.6. The van der Waals surface area contributed by atoms with Crippen LogP contribution in [0.15, 0.2) is 21.7 Å². The van der Waals surface area contributed by atoms with Gasteiger partial charge < -0.3 is 14.4 Å². The molecule has 0 aromatic carbocycles. The standard InChI is InChI=1S/C14H16N4O3/c1-8-13(9(2)21-17-8)11-4-3-5-18(11)14(20)10-6-16-12(19)7-15-10/h6-7,11H,3-5H2,1-2H3,(H,16,19)/t11-/m1/s1. The summed E-state index contributed by atoms with van der Waals surface area (Å²) in [4.78, 5) is 31.8. The van der Waals surface area contributed by atoms with E-state index in [1.807, 2.05) is 13.8 Å². The average molecular weight is 288 g/mol. The molecule has 1 amide bonds. The summed E-state index contributed by atoms with van der Waals surface area (Å²) in [7, 11) is 0. The number of aryl methyl sites for hydroxylation is 2. The molecule has 1 aliphatic rings. The van der Waals surface area contributed by atoms with Crippen LogP contribution in [-0.2, 0) is 0 Å². The second-order valence-electron chi connectivity index (χ2n) is 5.19. The number of rotatable bonds is 2. The van der Waals surface area contributed by atoms with E-state index >= 15 is 0 Å². The summed E-state index contributed by atoms with van der Waals surface area (Å²) in [5.41, 5.74) is 1.71. The van der Waals surface area contributed by atoms with Crippen molar-refractivity contribution in [2.75, 3.05) is 6.54 Å². The molecule has 0 saturated carbocycles. The number of amides is 1. The van der Waals surface area contributed by atoms with Crippen LogP contribution in [0.25, 0.3) is 0 Å². The Morgan fingerprint density at radius 1 is 1.48 bits per heavy atom. The third-order valence-electron chi connectivity index (χ3n) is 3.83. The van der Waals surface area contributed by atoms with E-state index in [-0.39, 0.29) is 23.2 Å². The Kier molecular flexibility index (Phi) is 3.32. The van der Waals surface area contributed by atoms with Crippen molar-refractivity contribution in [3.05, 3.63) is 45.5 Å². The molecule has 1 aliphatic heterocycles. The molecule has 0 aliphatic carbocycles. The normalized spacial score (nSPS) is 18.2. The molecule has 1 fully saturated rings. The van der Waals surface area contributed by atoms with E-state index in [4.69, 9.17) is 4.52 Å². The van der Waals surface area contributed by atoms with E-state index in [1.165, 1.54) is 6.20 Å². The molecule has 1 N–H and O–H groups in total. The highest BCUT2D eigenvalue weighted by molar-refractivity contribution is 5.92. The SMILES string of the molecule is Cc1noc(C)c1[C@H]1CCCN1C(=O)c1c[nH]c(=O)cn1. The first-order valence-corrected chi connectivity index (χ1v) is 6.86. The number of likely N-dealkylation sites (tertiary alicyclic amines) is 1. The van der Waals surface area contributed by atoms with Gasteiger partial charge in [0, 0.05) is 18.3 Å². The fourth-order valence-corrected chi connectivity index (χ4v) is 2.88. The van der Waals surface area contributed by atoms with Crippen LogP contribution in [-0.4, -0.2) is 32.5 Å². The van der Waals surface area contributed by atoms with Crippen molar-refractivity contribution in [3.8, 4) is 0 Å². The van der Waals surface area contributed by atoms with E-state index in [9.17, 15) is 9.59 Å². The third kappa shape index (κ3) is 2.35. The highest BCUT2D eigenvalue weighted by atomic mass is 16.5. The second kappa shape index (κ2) is 5.16. The molecule has 1 atom stereocenters. The first-order valence-electron chi connectivity index (χ1n) is 6.86. The molecular weight excluding hydrogens is 272 g/mol. The van der Waals surface area contributed by atoms with Gasteiger partial charge in [-0.3, -0.25) is 9.59 Å². The number of aromatic amines is 1. The Labute approximate surface area is 121 Å². The van der Waals surface area contributed by atoms with Gasteiger partial charge in [-0.2, -0.15) is 0 Å². The van der Waals surface area contributed by atoms with Gasteiger partial charge in [-0.25, -0.2) is 4.98 Å². The summed E-state index contributed by atoms with van der Waals surface area (Å²) in [6.45, 7) is 4.40. The van der Waals surface area contributed by atoms with E-state index in [1.54, 1.807) is 4.90 Å². The summed E-state index contributed by atoms with van der Waals surface area (Å²) in [6, 6.07) is -0.0440. The molecule has 0 spiro atoms. The number of nitrogens with zero attached hydrogens (tertiary/aromatic N) is 3.